The summed E-state index contributed by atoms with van der Waals surface area (Å²) < 4.78 is 0. The Morgan fingerprint density at radius 3 is 1.63 bits per heavy atom. The van der Waals surface area contributed by atoms with Gasteiger partial charge >= 0.3 is 11.9 Å². The van der Waals surface area contributed by atoms with Crippen molar-refractivity contribution in [2.24, 2.45) is 23.1 Å². The molecule has 4 atom stereocenters. The molecule has 0 rings (SSSR count). The molecule has 11 N–H and O–H groups in total. The number of carboxylic acid groups (broad SMARTS) is 2. The first-order chi connectivity index (χ1) is 16.1. The summed E-state index contributed by atoms with van der Waals surface area (Å²) in [7, 11) is 0. The van der Waals surface area contributed by atoms with Crippen molar-refractivity contribution < 1.29 is 43.8 Å². The fraction of sp³-hybridized carbons (Fsp3) is 0.650. The number of carbonyl (C=O) groups excluding carboxylic acids is 5. The molecule has 0 aromatic heterocycles. The van der Waals surface area contributed by atoms with Gasteiger partial charge in [-0.25, -0.2) is 4.79 Å². The number of carboxylic acids is 2. The molecule has 0 spiro atoms. The summed E-state index contributed by atoms with van der Waals surface area (Å²) in [4.78, 5) is 82.2. The highest BCUT2D eigenvalue weighted by Gasteiger charge is 2.31. The van der Waals surface area contributed by atoms with Crippen LogP contribution < -0.4 is 33.2 Å². The van der Waals surface area contributed by atoms with E-state index in [1.54, 1.807) is 13.8 Å². The van der Waals surface area contributed by atoms with Crippen molar-refractivity contribution in [3.8, 4) is 0 Å². The molecule has 0 aliphatic rings. The Morgan fingerprint density at radius 1 is 0.714 bits per heavy atom. The summed E-state index contributed by atoms with van der Waals surface area (Å²) in [6.07, 6.45) is -1.64. The summed E-state index contributed by atoms with van der Waals surface area (Å²) in [6, 6.07) is -5.55. The van der Waals surface area contributed by atoms with Gasteiger partial charge in [0, 0.05) is 12.8 Å². The van der Waals surface area contributed by atoms with Crippen molar-refractivity contribution in [3.63, 3.8) is 0 Å². The second kappa shape index (κ2) is 15.2. The maximum Gasteiger partial charge on any atom is 0.326 e. The summed E-state index contributed by atoms with van der Waals surface area (Å²) in [6.45, 7) is 3.45. The number of nitrogens with two attached hydrogens (primary N) is 3. The fourth-order valence-electron chi connectivity index (χ4n) is 2.89. The van der Waals surface area contributed by atoms with Gasteiger partial charge in [0.2, 0.25) is 29.5 Å². The van der Waals surface area contributed by atoms with Gasteiger partial charge in [-0.1, -0.05) is 13.8 Å². The Morgan fingerprint density at radius 2 is 1.17 bits per heavy atom. The van der Waals surface area contributed by atoms with Crippen molar-refractivity contribution in [3.05, 3.63) is 0 Å². The molecule has 0 fully saturated rings. The first-order valence-corrected chi connectivity index (χ1v) is 10.8. The van der Waals surface area contributed by atoms with Gasteiger partial charge in [0.25, 0.3) is 0 Å². The molecule has 0 aliphatic carbocycles. The Hall–Kier alpha value is -3.75. The highest BCUT2D eigenvalue weighted by molar-refractivity contribution is 5.95. The molecule has 35 heavy (non-hydrogen) atoms. The maximum atomic E-state index is 12.9. The third-order valence-corrected chi connectivity index (χ3v) is 4.68. The van der Waals surface area contributed by atoms with Crippen molar-refractivity contribution >= 4 is 41.5 Å². The predicted molar refractivity (Wildman–Crippen MR) is 120 cm³/mol. The maximum absolute atomic E-state index is 12.9. The van der Waals surface area contributed by atoms with Gasteiger partial charge < -0.3 is 43.4 Å². The van der Waals surface area contributed by atoms with Crippen LogP contribution in [0.1, 0.15) is 52.4 Å². The van der Waals surface area contributed by atoms with Gasteiger partial charge in [0.15, 0.2) is 0 Å². The van der Waals surface area contributed by atoms with Crippen LogP contribution in [0.2, 0.25) is 0 Å². The zero-order valence-electron chi connectivity index (χ0n) is 19.6. The van der Waals surface area contributed by atoms with Gasteiger partial charge in [-0.15, -0.1) is 0 Å². The predicted octanol–water partition coefficient (Wildman–Crippen LogP) is -3.10. The molecule has 0 saturated carbocycles. The van der Waals surface area contributed by atoms with Crippen LogP contribution in [0, 0.1) is 5.92 Å². The Kier molecular flexibility index (Phi) is 13.6. The van der Waals surface area contributed by atoms with Gasteiger partial charge in [0.05, 0.1) is 12.5 Å². The van der Waals surface area contributed by atoms with Crippen LogP contribution in [-0.2, 0) is 33.6 Å². The fourth-order valence-corrected chi connectivity index (χ4v) is 2.89. The quantitative estimate of drug-likeness (QED) is 0.0991. The third-order valence-electron chi connectivity index (χ3n) is 4.68. The van der Waals surface area contributed by atoms with Crippen LogP contribution in [0.15, 0.2) is 0 Å². The minimum absolute atomic E-state index is 0.0472. The minimum atomic E-state index is -1.74. The molecule has 15 heteroatoms. The van der Waals surface area contributed by atoms with Crippen molar-refractivity contribution in [2.45, 2.75) is 76.5 Å². The molecule has 0 aromatic carbocycles. The smallest absolute Gasteiger partial charge is 0.326 e. The van der Waals surface area contributed by atoms with E-state index in [0.29, 0.717) is 0 Å². The lowest BCUT2D eigenvalue weighted by atomic mass is 10.0. The van der Waals surface area contributed by atoms with E-state index in [1.807, 2.05) is 0 Å². The lowest BCUT2D eigenvalue weighted by Crippen LogP contribution is -2.57. The van der Waals surface area contributed by atoms with Crippen LogP contribution in [0.25, 0.3) is 0 Å². The third kappa shape index (κ3) is 13.5. The molecule has 0 saturated heterocycles. The van der Waals surface area contributed by atoms with Crippen LogP contribution in [0.5, 0.6) is 0 Å². The molecular formula is C20H34N6O9. The Bertz CT molecular complexity index is 817. The van der Waals surface area contributed by atoms with Gasteiger partial charge in [0.1, 0.15) is 18.1 Å². The van der Waals surface area contributed by atoms with Crippen LogP contribution in [0.4, 0.5) is 0 Å². The number of nitrogens with one attached hydrogen (secondary N) is 3. The SMILES string of the molecule is CC(C)CC(NC(=O)C(CCC(N)=O)NC(=O)C(N)CCC(N)=O)C(=O)NC(CC(=O)O)C(=O)O. The number of aliphatic carboxylic acids is 2. The average molecular weight is 503 g/mol. The van der Waals surface area contributed by atoms with Crippen LogP contribution >= 0.6 is 0 Å². The largest absolute Gasteiger partial charge is 0.481 e. The lowest BCUT2D eigenvalue weighted by Gasteiger charge is -2.25. The molecule has 5 amide bonds. The molecule has 0 radical (unpaired) electrons. The van der Waals surface area contributed by atoms with E-state index >= 15 is 0 Å². The molecule has 0 aliphatic heterocycles. The van der Waals surface area contributed by atoms with Crippen molar-refractivity contribution in [1.82, 2.24) is 16.0 Å². The summed E-state index contributed by atoms with van der Waals surface area (Å²) in [5.41, 5.74) is 15.8. The zero-order valence-corrected chi connectivity index (χ0v) is 19.6. The first-order valence-electron chi connectivity index (χ1n) is 10.8. The highest BCUT2D eigenvalue weighted by Crippen LogP contribution is 2.08. The first kappa shape index (κ1) is 31.2. The molecule has 0 bridgehead atoms. The average Bonchev–Trinajstić information content (AvgIpc) is 2.72. The number of hydrogen-bond acceptors (Lipinski definition) is 8. The van der Waals surface area contributed by atoms with Crippen LogP contribution in [-0.4, -0.2) is 75.9 Å². The van der Waals surface area contributed by atoms with E-state index in [4.69, 9.17) is 27.4 Å². The van der Waals surface area contributed by atoms with Gasteiger partial charge in [-0.05, 0) is 25.2 Å². The second-order valence-corrected chi connectivity index (χ2v) is 8.37. The number of rotatable bonds is 17. The summed E-state index contributed by atoms with van der Waals surface area (Å²) in [5.74, 6) is -7.27. The number of hydrogen-bond donors (Lipinski definition) is 8. The van der Waals surface area contributed by atoms with Crippen molar-refractivity contribution in [1.29, 1.82) is 0 Å². The summed E-state index contributed by atoms with van der Waals surface area (Å²) >= 11 is 0. The summed E-state index contributed by atoms with van der Waals surface area (Å²) in [5, 5.41) is 24.8. The molecule has 0 aromatic rings. The number of amides is 5. The van der Waals surface area contributed by atoms with E-state index in [0.717, 1.165) is 0 Å². The van der Waals surface area contributed by atoms with Gasteiger partial charge in [-0.3, -0.25) is 28.8 Å². The van der Waals surface area contributed by atoms with E-state index in [-0.39, 0.29) is 38.0 Å². The second-order valence-electron chi connectivity index (χ2n) is 8.37. The van der Waals surface area contributed by atoms with E-state index in [2.05, 4.69) is 16.0 Å². The number of carbonyl (C=O) groups is 7. The molecule has 0 heterocycles. The lowest BCUT2D eigenvalue weighted by molar-refractivity contribution is -0.147. The van der Waals surface area contributed by atoms with E-state index in [1.165, 1.54) is 0 Å². The van der Waals surface area contributed by atoms with Gasteiger partial charge in [-0.2, -0.15) is 0 Å². The normalized spacial score (nSPS) is 14.2. The zero-order chi connectivity index (χ0) is 27.3. The van der Waals surface area contributed by atoms with E-state index in [9.17, 15) is 33.6 Å². The minimum Gasteiger partial charge on any atom is -0.481 e. The molecule has 198 valence electrons. The number of primary amides is 2. The van der Waals surface area contributed by atoms with Crippen LogP contribution in [0.3, 0.4) is 0 Å². The molecule has 15 nitrogen and oxygen atoms in total. The highest BCUT2D eigenvalue weighted by atomic mass is 16.4. The van der Waals surface area contributed by atoms with Crippen molar-refractivity contribution in [2.75, 3.05) is 0 Å². The monoisotopic (exact) mass is 502 g/mol. The van der Waals surface area contributed by atoms with E-state index < -0.39 is 72.1 Å². The molecular weight excluding hydrogens is 468 g/mol. The molecule has 4 unspecified atom stereocenters. The Balaban J connectivity index is 5.57. The Labute approximate surface area is 201 Å². The standard InChI is InChI=1S/C20H34N6O9/c1-9(2)7-12(19(33)26-13(20(34)35)8-16(29)30)25-18(32)11(4-6-15(23)28)24-17(31)10(21)3-5-14(22)27/h9-13H,3-8,21H2,1-2H3,(H2,22,27)(H2,23,28)(H,24,31)(H,25,32)(H,26,33)(H,29,30)(H,34,35). The topological polar surface area (TPSA) is 274 Å².